The van der Waals surface area contributed by atoms with Crippen LogP contribution in [0.4, 0.5) is 5.82 Å². The number of benzene rings is 1. The summed E-state index contributed by atoms with van der Waals surface area (Å²) in [6.45, 7) is 6.51. The fraction of sp³-hybridized carbons (Fsp3) is 0.565. The highest BCUT2D eigenvalue weighted by atomic mass is 15.2. The predicted octanol–water partition coefficient (Wildman–Crippen LogP) is 3.04. The second-order valence-corrected chi connectivity index (χ2v) is 8.33. The Balaban J connectivity index is 1.29. The summed E-state index contributed by atoms with van der Waals surface area (Å²) >= 11 is 0. The zero-order valence-corrected chi connectivity index (χ0v) is 17.3. The molecule has 0 radical (unpaired) electrons. The lowest BCUT2D eigenvalue weighted by Crippen LogP contribution is -2.49. The van der Waals surface area contributed by atoms with Gasteiger partial charge in [-0.05, 0) is 43.9 Å². The molecule has 0 aliphatic carbocycles. The number of aromatic nitrogens is 2. The standard InChI is InChI=1S/C23H33N5/c1-3-6-19-14-24-17-26-23(19)28-11-9-21(10-12-28)25-15-22-13-18-7-4-5-8-20(18)16-27(22)2/h4-5,7-8,14,17,21-22,25H,3,6,9-13,15-16H2,1-2H3/t22-/m0/s1. The summed E-state index contributed by atoms with van der Waals surface area (Å²) < 4.78 is 0. The van der Waals surface area contributed by atoms with Crippen LogP contribution in [0.2, 0.25) is 0 Å². The van der Waals surface area contributed by atoms with Gasteiger partial charge >= 0.3 is 0 Å². The molecule has 5 nitrogen and oxygen atoms in total. The lowest BCUT2D eigenvalue weighted by molar-refractivity contribution is 0.202. The molecule has 0 spiro atoms. The van der Waals surface area contributed by atoms with E-state index in [0.717, 1.165) is 51.3 Å². The topological polar surface area (TPSA) is 44.3 Å². The zero-order chi connectivity index (χ0) is 19.3. The third-order valence-corrected chi connectivity index (χ3v) is 6.34. The highest BCUT2D eigenvalue weighted by Crippen LogP contribution is 2.24. The summed E-state index contributed by atoms with van der Waals surface area (Å²) in [5, 5.41) is 3.86. The molecule has 1 fully saturated rings. The summed E-state index contributed by atoms with van der Waals surface area (Å²) in [5.74, 6) is 1.15. The highest BCUT2D eigenvalue weighted by molar-refractivity contribution is 5.46. The van der Waals surface area contributed by atoms with Gasteiger partial charge in [0.05, 0.1) is 0 Å². The Morgan fingerprint density at radius 3 is 2.71 bits per heavy atom. The molecule has 4 rings (SSSR count). The lowest BCUT2D eigenvalue weighted by Gasteiger charge is -2.37. The first kappa shape index (κ1) is 19.3. The van der Waals surface area contributed by atoms with Crippen molar-refractivity contribution in [2.24, 2.45) is 0 Å². The summed E-state index contributed by atoms with van der Waals surface area (Å²) in [6.07, 6.45) is 9.40. The normalized spacial score (nSPS) is 20.9. The molecule has 0 amide bonds. The quantitative estimate of drug-likeness (QED) is 0.836. The van der Waals surface area contributed by atoms with Gasteiger partial charge in [-0.3, -0.25) is 4.90 Å². The van der Waals surface area contributed by atoms with Crippen molar-refractivity contribution < 1.29 is 0 Å². The summed E-state index contributed by atoms with van der Waals surface area (Å²) in [4.78, 5) is 13.8. The smallest absolute Gasteiger partial charge is 0.135 e. The molecule has 1 aromatic carbocycles. The fourth-order valence-electron chi connectivity index (χ4n) is 4.63. The molecular weight excluding hydrogens is 346 g/mol. The number of nitrogens with one attached hydrogen (secondary N) is 1. The van der Waals surface area contributed by atoms with Crippen molar-refractivity contribution in [1.82, 2.24) is 20.2 Å². The number of anilines is 1. The van der Waals surface area contributed by atoms with Crippen molar-refractivity contribution in [2.75, 3.05) is 31.6 Å². The molecule has 1 aromatic heterocycles. The number of aryl methyl sites for hydroxylation is 1. The first-order valence-electron chi connectivity index (χ1n) is 10.8. The minimum Gasteiger partial charge on any atom is -0.356 e. The average Bonchev–Trinajstić information content (AvgIpc) is 2.73. The SMILES string of the molecule is CCCc1cncnc1N1CCC(NC[C@@H]2Cc3ccccc3CN2C)CC1. The summed E-state index contributed by atoms with van der Waals surface area (Å²) in [7, 11) is 2.26. The molecule has 3 heterocycles. The second-order valence-electron chi connectivity index (χ2n) is 8.33. The van der Waals surface area contributed by atoms with Crippen LogP contribution in [0.1, 0.15) is 42.9 Å². The van der Waals surface area contributed by atoms with Crippen molar-refractivity contribution in [3.05, 3.63) is 53.5 Å². The number of piperidine rings is 1. The van der Waals surface area contributed by atoms with E-state index in [4.69, 9.17) is 0 Å². The van der Waals surface area contributed by atoms with E-state index in [1.807, 2.05) is 6.20 Å². The van der Waals surface area contributed by atoms with E-state index in [1.54, 1.807) is 6.33 Å². The zero-order valence-electron chi connectivity index (χ0n) is 17.3. The van der Waals surface area contributed by atoms with Crippen molar-refractivity contribution in [3.63, 3.8) is 0 Å². The van der Waals surface area contributed by atoms with Crippen LogP contribution in [0.15, 0.2) is 36.8 Å². The van der Waals surface area contributed by atoms with Crippen LogP contribution < -0.4 is 10.2 Å². The predicted molar refractivity (Wildman–Crippen MR) is 115 cm³/mol. The number of fused-ring (bicyclic) bond motifs is 1. The molecule has 0 bridgehead atoms. The second kappa shape index (κ2) is 9.01. The Kier molecular flexibility index (Phi) is 6.23. The minimum absolute atomic E-state index is 0.589. The van der Waals surface area contributed by atoms with E-state index >= 15 is 0 Å². The van der Waals surface area contributed by atoms with E-state index in [-0.39, 0.29) is 0 Å². The van der Waals surface area contributed by atoms with Crippen LogP contribution in [-0.2, 0) is 19.4 Å². The maximum Gasteiger partial charge on any atom is 0.135 e. The van der Waals surface area contributed by atoms with Gasteiger partial charge < -0.3 is 10.2 Å². The molecule has 1 saturated heterocycles. The Hall–Kier alpha value is -1.98. The number of nitrogens with zero attached hydrogens (tertiary/aromatic N) is 4. The van der Waals surface area contributed by atoms with Gasteiger partial charge in [-0.15, -0.1) is 0 Å². The van der Waals surface area contributed by atoms with E-state index < -0.39 is 0 Å². The molecule has 1 atom stereocenters. The maximum atomic E-state index is 4.58. The van der Waals surface area contributed by atoms with Gasteiger partial charge in [0.25, 0.3) is 0 Å². The Bertz CT molecular complexity index is 769. The molecule has 2 aliphatic heterocycles. The fourth-order valence-corrected chi connectivity index (χ4v) is 4.63. The molecule has 2 aromatic rings. The first-order chi connectivity index (χ1) is 13.7. The number of hydrogen-bond donors (Lipinski definition) is 1. The van der Waals surface area contributed by atoms with Crippen LogP contribution in [0, 0.1) is 0 Å². The molecule has 28 heavy (non-hydrogen) atoms. The van der Waals surface area contributed by atoms with Crippen molar-refractivity contribution in [1.29, 1.82) is 0 Å². The molecular formula is C23H33N5. The van der Waals surface area contributed by atoms with Crippen molar-refractivity contribution in [3.8, 4) is 0 Å². The maximum absolute atomic E-state index is 4.58. The molecule has 0 saturated carbocycles. The first-order valence-corrected chi connectivity index (χ1v) is 10.8. The van der Waals surface area contributed by atoms with Gasteiger partial charge in [0.1, 0.15) is 12.1 Å². The van der Waals surface area contributed by atoms with Crippen LogP contribution in [0.3, 0.4) is 0 Å². The third kappa shape index (κ3) is 4.36. The Labute approximate surface area is 169 Å². The monoisotopic (exact) mass is 379 g/mol. The third-order valence-electron chi connectivity index (χ3n) is 6.34. The van der Waals surface area contributed by atoms with E-state index in [0.29, 0.717) is 12.1 Å². The molecule has 1 N–H and O–H groups in total. The van der Waals surface area contributed by atoms with E-state index in [2.05, 4.69) is 63.3 Å². The largest absolute Gasteiger partial charge is 0.356 e. The molecule has 150 valence electrons. The van der Waals surface area contributed by atoms with Crippen LogP contribution in [0.5, 0.6) is 0 Å². The van der Waals surface area contributed by atoms with Gasteiger partial charge in [-0.1, -0.05) is 37.6 Å². The van der Waals surface area contributed by atoms with Gasteiger partial charge in [-0.2, -0.15) is 0 Å². The number of rotatable bonds is 6. The number of likely N-dealkylation sites (N-methyl/N-ethyl adjacent to an activating group) is 1. The number of hydrogen-bond acceptors (Lipinski definition) is 5. The van der Waals surface area contributed by atoms with E-state index in [9.17, 15) is 0 Å². The van der Waals surface area contributed by atoms with E-state index in [1.165, 1.54) is 29.5 Å². The Morgan fingerprint density at radius 1 is 1.14 bits per heavy atom. The summed E-state index contributed by atoms with van der Waals surface area (Å²) in [6, 6.07) is 10.1. The molecule has 5 heteroatoms. The average molecular weight is 380 g/mol. The van der Waals surface area contributed by atoms with Crippen LogP contribution in [-0.4, -0.2) is 53.6 Å². The van der Waals surface area contributed by atoms with Gasteiger partial charge in [-0.25, -0.2) is 9.97 Å². The van der Waals surface area contributed by atoms with Gasteiger partial charge in [0, 0.05) is 50.0 Å². The van der Waals surface area contributed by atoms with Gasteiger partial charge in [0.15, 0.2) is 0 Å². The van der Waals surface area contributed by atoms with Crippen LogP contribution in [0.25, 0.3) is 0 Å². The highest BCUT2D eigenvalue weighted by Gasteiger charge is 2.26. The minimum atomic E-state index is 0.589. The van der Waals surface area contributed by atoms with Gasteiger partial charge in [0.2, 0.25) is 0 Å². The molecule has 0 unspecified atom stereocenters. The Morgan fingerprint density at radius 2 is 1.93 bits per heavy atom. The lowest BCUT2D eigenvalue weighted by atomic mass is 9.94. The van der Waals surface area contributed by atoms with Crippen molar-refractivity contribution >= 4 is 5.82 Å². The molecule has 2 aliphatic rings. The summed E-state index contributed by atoms with van der Waals surface area (Å²) in [5.41, 5.74) is 4.30. The van der Waals surface area contributed by atoms with Crippen molar-refractivity contribution in [2.45, 2.75) is 57.7 Å². The van der Waals surface area contributed by atoms with Crippen LogP contribution >= 0.6 is 0 Å².